The molecule has 2 aromatic rings. The smallest absolute Gasteiger partial charge is 0.254 e. The number of hydrogen-bond donors (Lipinski definition) is 0. The Balaban J connectivity index is 1.58. The molecule has 1 fully saturated rings. The molecule has 3 rings (SSSR count). The number of hydrogen-bond acceptors (Lipinski definition) is 4. The number of amides is 2. The molecule has 2 aromatic carbocycles. The van der Waals surface area contributed by atoms with E-state index in [4.69, 9.17) is 9.47 Å². The fourth-order valence-electron chi connectivity index (χ4n) is 3.20. The number of halogens is 1. The Morgan fingerprint density at radius 1 is 0.893 bits per heavy atom. The third-order valence-electron chi connectivity index (χ3n) is 4.82. The van der Waals surface area contributed by atoms with Crippen LogP contribution in [0.4, 0.5) is 0 Å². The second kappa shape index (κ2) is 9.10. The molecule has 0 aliphatic carbocycles. The summed E-state index contributed by atoms with van der Waals surface area (Å²) in [5, 5.41) is 0. The molecule has 0 saturated carbocycles. The molecule has 28 heavy (non-hydrogen) atoms. The van der Waals surface area contributed by atoms with Gasteiger partial charge >= 0.3 is 0 Å². The van der Waals surface area contributed by atoms with E-state index >= 15 is 0 Å². The van der Waals surface area contributed by atoms with E-state index in [1.165, 1.54) is 0 Å². The van der Waals surface area contributed by atoms with E-state index in [1.54, 1.807) is 37.3 Å². The van der Waals surface area contributed by atoms with E-state index in [2.05, 4.69) is 15.9 Å². The van der Waals surface area contributed by atoms with Crippen molar-refractivity contribution in [3.63, 3.8) is 0 Å². The fourth-order valence-corrected chi connectivity index (χ4v) is 3.46. The van der Waals surface area contributed by atoms with E-state index in [0.29, 0.717) is 49.7 Å². The van der Waals surface area contributed by atoms with Gasteiger partial charge in [0.15, 0.2) is 11.5 Å². The Hall–Kier alpha value is -2.54. The first-order valence-electron chi connectivity index (χ1n) is 9.05. The number of carbonyl (C=O) groups excluding carboxylic acids is 2. The SMILES string of the molecule is COc1ccc(C(=O)N2CCN(C(=O)Cc3ccc(Br)cc3)CC2)cc1OC. The van der Waals surface area contributed by atoms with Gasteiger partial charge in [0, 0.05) is 36.2 Å². The normalized spacial score (nSPS) is 14.0. The summed E-state index contributed by atoms with van der Waals surface area (Å²) >= 11 is 3.40. The predicted octanol–water partition coefficient (Wildman–Crippen LogP) is 2.99. The molecule has 1 saturated heterocycles. The van der Waals surface area contributed by atoms with Crippen molar-refractivity contribution in [3.05, 3.63) is 58.1 Å². The second-order valence-electron chi connectivity index (χ2n) is 6.55. The molecule has 1 aliphatic rings. The summed E-state index contributed by atoms with van der Waals surface area (Å²) in [7, 11) is 3.10. The topological polar surface area (TPSA) is 59.1 Å². The third kappa shape index (κ3) is 4.65. The predicted molar refractivity (Wildman–Crippen MR) is 110 cm³/mol. The van der Waals surface area contributed by atoms with Crippen molar-refractivity contribution < 1.29 is 19.1 Å². The van der Waals surface area contributed by atoms with Crippen molar-refractivity contribution in [2.75, 3.05) is 40.4 Å². The third-order valence-corrected chi connectivity index (χ3v) is 5.35. The number of benzene rings is 2. The largest absolute Gasteiger partial charge is 0.493 e. The van der Waals surface area contributed by atoms with Gasteiger partial charge in [0.05, 0.1) is 20.6 Å². The molecule has 1 heterocycles. The maximum Gasteiger partial charge on any atom is 0.254 e. The van der Waals surface area contributed by atoms with Gasteiger partial charge in [-0.2, -0.15) is 0 Å². The standard InChI is InChI=1S/C21H23BrN2O4/c1-27-18-8-5-16(14-19(18)28-2)21(26)24-11-9-23(10-12-24)20(25)13-15-3-6-17(22)7-4-15/h3-8,14H,9-13H2,1-2H3. The van der Waals surface area contributed by atoms with Crippen molar-refractivity contribution in [1.29, 1.82) is 0 Å². The van der Waals surface area contributed by atoms with Gasteiger partial charge in [0.25, 0.3) is 5.91 Å². The van der Waals surface area contributed by atoms with Crippen LogP contribution in [-0.2, 0) is 11.2 Å². The van der Waals surface area contributed by atoms with E-state index in [1.807, 2.05) is 29.2 Å². The highest BCUT2D eigenvalue weighted by Crippen LogP contribution is 2.28. The molecule has 0 N–H and O–H groups in total. The molecule has 6 nitrogen and oxygen atoms in total. The summed E-state index contributed by atoms with van der Waals surface area (Å²) in [6, 6.07) is 12.9. The Kier molecular flexibility index (Phi) is 6.57. The molecule has 0 spiro atoms. The molecule has 148 valence electrons. The zero-order chi connectivity index (χ0) is 20.1. The monoisotopic (exact) mass is 446 g/mol. The van der Waals surface area contributed by atoms with Crippen LogP contribution in [0.1, 0.15) is 15.9 Å². The molecular formula is C21H23BrN2O4. The summed E-state index contributed by atoms with van der Waals surface area (Å²) in [5.41, 5.74) is 1.53. The van der Waals surface area contributed by atoms with Crippen LogP contribution in [0.25, 0.3) is 0 Å². The van der Waals surface area contributed by atoms with Gasteiger partial charge in [-0.05, 0) is 35.9 Å². The summed E-state index contributed by atoms with van der Waals surface area (Å²) in [4.78, 5) is 28.9. The average molecular weight is 447 g/mol. The molecular weight excluding hydrogens is 424 g/mol. The first-order valence-corrected chi connectivity index (χ1v) is 9.84. The zero-order valence-corrected chi connectivity index (χ0v) is 17.6. The van der Waals surface area contributed by atoms with Gasteiger partial charge in [-0.15, -0.1) is 0 Å². The van der Waals surface area contributed by atoms with E-state index in [0.717, 1.165) is 10.0 Å². The van der Waals surface area contributed by atoms with E-state index < -0.39 is 0 Å². The van der Waals surface area contributed by atoms with Gasteiger partial charge in [0.2, 0.25) is 5.91 Å². The van der Waals surface area contributed by atoms with Crippen molar-refractivity contribution >= 4 is 27.7 Å². The van der Waals surface area contributed by atoms with Crippen LogP contribution in [0, 0.1) is 0 Å². The minimum absolute atomic E-state index is 0.0686. The first kappa shape index (κ1) is 20.2. The lowest BCUT2D eigenvalue weighted by atomic mass is 10.1. The Morgan fingerprint density at radius 2 is 1.50 bits per heavy atom. The lowest BCUT2D eigenvalue weighted by molar-refractivity contribution is -0.131. The Bertz CT molecular complexity index is 846. The molecule has 1 aliphatic heterocycles. The zero-order valence-electron chi connectivity index (χ0n) is 16.0. The van der Waals surface area contributed by atoms with Gasteiger partial charge in [0.1, 0.15) is 0 Å². The number of methoxy groups -OCH3 is 2. The van der Waals surface area contributed by atoms with Crippen LogP contribution in [0.5, 0.6) is 11.5 Å². The number of ether oxygens (including phenoxy) is 2. The maximum absolute atomic E-state index is 12.8. The van der Waals surface area contributed by atoms with Gasteiger partial charge in [-0.3, -0.25) is 9.59 Å². The highest BCUT2D eigenvalue weighted by Gasteiger charge is 2.25. The Labute approximate surface area is 173 Å². The highest BCUT2D eigenvalue weighted by atomic mass is 79.9. The van der Waals surface area contributed by atoms with Gasteiger partial charge in [-0.1, -0.05) is 28.1 Å². The van der Waals surface area contributed by atoms with Crippen molar-refractivity contribution in [2.45, 2.75) is 6.42 Å². The highest BCUT2D eigenvalue weighted by molar-refractivity contribution is 9.10. The average Bonchev–Trinajstić information content (AvgIpc) is 2.74. The van der Waals surface area contributed by atoms with E-state index in [-0.39, 0.29) is 11.8 Å². The van der Waals surface area contributed by atoms with Crippen LogP contribution in [0.3, 0.4) is 0 Å². The van der Waals surface area contributed by atoms with Crippen molar-refractivity contribution in [2.24, 2.45) is 0 Å². The van der Waals surface area contributed by atoms with Crippen LogP contribution in [0.15, 0.2) is 46.9 Å². The lowest BCUT2D eigenvalue weighted by Crippen LogP contribution is -2.51. The van der Waals surface area contributed by atoms with E-state index in [9.17, 15) is 9.59 Å². The molecule has 0 unspecified atom stereocenters. The number of carbonyl (C=O) groups is 2. The van der Waals surface area contributed by atoms with Crippen LogP contribution < -0.4 is 9.47 Å². The second-order valence-corrected chi connectivity index (χ2v) is 7.46. The van der Waals surface area contributed by atoms with Crippen LogP contribution in [-0.4, -0.2) is 62.0 Å². The number of rotatable bonds is 5. The molecule has 0 radical (unpaired) electrons. The molecule has 7 heteroatoms. The maximum atomic E-state index is 12.8. The summed E-state index contributed by atoms with van der Waals surface area (Å²) in [5.74, 6) is 1.13. The minimum Gasteiger partial charge on any atom is -0.493 e. The molecule has 0 bridgehead atoms. The molecule has 0 aromatic heterocycles. The van der Waals surface area contributed by atoms with Crippen LogP contribution >= 0.6 is 15.9 Å². The number of nitrogens with zero attached hydrogens (tertiary/aromatic N) is 2. The van der Waals surface area contributed by atoms with Gasteiger partial charge < -0.3 is 19.3 Å². The van der Waals surface area contributed by atoms with Crippen molar-refractivity contribution in [1.82, 2.24) is 9.80 Å². The van der Waals surface area contributed by atoms with Gasteiger partial charge in [-0.25, -0.2) is 0 Å². The quantitative estimate of drug-likeness (QED) is 0.708. The number of piperazine rings is 1. The summed E-state index contributed by atoms with van der Waals surface area (Å²) in [6.07, 6.45) is 0.372. The lowest BCUT2D eigenvalue weighted by Gasteiger charge is -2.35. The summed E-state index contributed by atoms with van der Waals surface area (Å²) in [6.45, 7) is 2.10. The fraction of sp³-hybridized carbons (Fsp3) is 0.333. The molecule has 0 atom stereocenters. The van der Waals surface area contributed by atoms with Crippen molar-refractivity contribution in [3.8, 4) is 11.5 Å². The molecule has 2 amide bonds. The minimum atomic E-state index is -0.0686. The first-order chi connectivity index (χ1) is 13.5. The Morgan fingerprint density at radius 3 is 2.11 bits per heavy atom. The summed E-state index contributed by atoms with van der Waals surface area (Å²) < 4.78 is 11.5. The van der Waals surface area contributed by atoms with Crippen LogP contribution in [0.2, 0.25) is 0 Å².